The zero-order valence-electron chi connectivity index (χ0n) is 9.82. The van der Waals surface area contributed by atoms with Gasteiger partial charge in [-0.25, -0.2) is 0 Å². The van der Waals surface area contributed by atoms with Gasteiger partial charge < -0.3 is 15.8 Å². The van der Waals surface area contributed by atoms with Gasteiger partial charge in [-0.05, 0) is 19.9 Å². The fraction of sp³-hybridized carbons (Fsp3) is 0.364. The van der Waals surface area contributed by atoms with Crippen LogP contribution in [0.25, 0.3) is 0 Å². The van der Waals surface area contributed by atoms with E-state index in [9.17, 15) is 14.8 Å². The molecular weight excluding hydrogens is 222 g/mol. The molecule has 1 aromatic heterocycles. The summed E-state index contributed by atoms with van der Waals surface area (Å²) in [5.41, 5.74) is 0.344. The minimum atomic E-state index is -0.372. The van der Waals surface area contributed by atoms with Crippen molar-refractivity contribution in [1.82, 2.24) is 10.6 Å². The molecule has 0 aromatic carbocycles. The summed E-state index contributed by atoms with van der Waals surface area (Å²) in [5.74, 6) is -0.744. The van der Waals surface area contributed by atoms with Gasteiger partial charge >= 0.3 is 0 Å². The first-order valence-electron chi connectivity index (χ1n) is 5.38. The zero-order valence-corrected chi connectivity index (χ0v) is 9.82. The van der Waals surface area contributed by atoms with Gasteiger partial charge in [0, 0.05) is 13.1 Å². The third-order valence-corrected chi connectivity index (χ3v) is 2.04. The molecule has 0 radical (unpaired) electrons. The molecule has 1 rings (SSSR count). The first kappa shape index (κ1) is 13.0. The zero-order chi connectivity index (χ0) is 12.8. The molecule has 0 aliphatic heterocycles. The Morgan fingerprint density at radius 2 is 1.53 bits per heavy atom. The number of carbonyl (C=O) groups is 2. The van der Waals surface area contributed by atoms with Gasteiger partial charge in [0.25, 0.3) is 11.8 Å². The lowest BCUT2D eigenvalue weighted by Gasteiger charge is -2.06. The molecule has 1 aromatic rings. The summed E-state index contributed by atoms with van der Waals surface area (Å²) in [5, 5.41) is 16.4. The van der Waals surface area contributed by atoms with Crippen molar-refractivity contribution in [3.63, 3.8) is 0 Å². The molecule has 6 heteroatoms. The van der Waals surface area contributed by atoms with Gasteiger partial charge in [-0.2, -0.15) is 4.73 Å². The van der Waals surface area contributed by atoms with Crippen LogP contribution in [0.2, 0.25) is 0 Å². The highest BCUT2D eigenvalue weighted by molar-refractivity contribution is 5.98. The number of amides is 2. The van der Waals surface area contributed by atoms with Crippen molar-refractivity contribution < 1.29 is 14.3 Å². The van der Waals surface area contributed by atoms with E-state index >= 15 is 0 Å². The maximum absolute atomic E-state index is 11.5. The molecular formula is C11H15N3O3. The average Bonchev–Trinajstić information content (AvgIpc) is 2.29. The number of hydrogen-bond acceptors (Lipinski definition) is 3. The Kier molecular flexibility index (Phi) is 4.45. The Morgan fingerprint density at radius 3 is 1.88 bits per heavy atom. The average molecular weight is 237 g/mol. The lowest BCUT2D eigenvalue weighted by molar-refractivity contribution is -0.605. The van der Waals surface area contributed by atoms with Crippen molar-refractivity contribution in [2.75, 3.05) is 13.1 Å². The van der Waals surface area contributed by atoms with Crippen LogP contribution in [0.15, 0.2) is 18.5 Å². The second kappa shape index (κ2) is 5.83. The summed E-state index contributed by atoms with van der Waals surface area (Å²) in [6.45, 7) is 4.47. The number of nitrogens with one attached hydrogen (secondary N) is 2. The quantitative estimate of drug-likeness (QED) is 0.562. The van der Waals surface area contributed by atoms with Crippen LogP contribution < -0.4 is 15.4 Å². The number of rotatable bonds is 4. The first-order chi connectivity index (χ1) is 8.08. The van der Waals surface area contributed by atoms with Crippen molar-refractivity contribution in [1.29, 1.82) is 0 Å². The van der Waals surface area contributed by atoms with Gasteiger partial charge in [0.1, 0.15) is 11.1 Å². The maximum Gasteiger partial charge on any atom is 0.257 e. The van der Waals surface area contributed by atoms with Gasteiger partial charge in [0.2, 0.25) is 0 Å². The predicted octanol–water partition coefficient (Wildman–Crippen LogP) is -0.181. The molecule has 0 unspecified atom stereocenters. The molecule has 0 aliphatic rings. The second-order valence-electron chi connectivity index (χ2n) is 3.39. The third-order valence-electron chi connectivity index (χ3n) is 2.04. The van der Waals surface area contributed by atoms with Gasteiger partial charge in [0.15, 0.2) is 12.4 Å². The van der Waals surface area contributed by atoms with E-state index in [4.69, 9.17) is 0 Å². The minimum Gasteiger partial charge on any atom is -0.619 e. The SMILES string of the molecule is CCNC(=O)c1cc(C(=O)NCC)c[n+]([O-])c1. The van der Waals surface area contributed by atoms with Crippen molar-refractivity contribution >= 4 is 11.8 Å². The lowest BCUT2D eigenvalue weighted by atomic mass is 10.2. The number of aromatic nitrogens is 1. The van der Waals surface area contributed by atoms with E-state index in [-0.39, 0.29) is 22.9 Å². The largest absolute Gasteiger partial charge is 0.619 e. The minimum absolute atomic E-state index is 0.172. The van der Waals surface area contributed by atoms with Crippen molar-refractivity contribution in [2.24, 2.45) is 0 Å². The molecule has 0 saturated heterocycles. The molecule has 0 aliphatic carbocycles. The molecule has 0 spiro atoms. The maximum atomic E-state index is 11.5. The van der Waals surface area contributed by atoms with Crippen molar-refractivity contribution in [3.8, 4) is 0 Å². The van der Waals surface area contributed by atoms with Gasteiger partial charge in [-0.1, -0.05) is 0 Å². The first-order valence-corrected chi connectivity index (χ1v) is 5.38. The van der Waals surface area contributed by atoms with Crippen LogP contribution in [0.3, 0.4) is 0 Å². The molecule has 2 amide bonds. The topological polar surface area (TPSA) is 85.1 Å². The summed E-state index contributed by atoms with van der Waals surface area (Å²) >= 11 is 0. The van der Waals surface area contributed by atoms with E-state index < -0.39 is 0 Å². The molecule has 2 N–H and O–H groups in total. The van der Waals surface area contributed by atoms with Crippen LogP contribution in [-0.4, -0.2) is 24.9 Å². The van der Waals surface area contributed by atoms with Crippen molar-refractivity contribution in [3.05, 3.63) is 34.8 Å². The van der Waals surface area contributed by atoms with Gasteiger partial charge in [-0.3, -0.25) is 9.59 Å². The normalized spacial score (nSPS) is 9.76. The number of carbonyl (C=O) groups excluding carboxylic acids is 2. The molecule has 6 nitrogen and oxygen atoms in total. The molecule has 0 saturated carbocycles. The number of nitrogens with zero attached hydrogens (tertiary/aromatic N) is 1. The van der Waals surface area contributed by atoms with E-state index in [2.05, 4.69) is 10.6 Å². The Hall–Kier alpha value is -2.11. The van der Waals surface area contributed by atoms with E-state index in [1.54, 1.807) is 13.8 Å². The van der Waals surface area contributed by atoms with E-state index in [1.165, 1.54) is 6.07 Å². The monoisotopic (exact) mass is 237 g/mol. The Balaban J connectivity index is 3.01. The Labute approximate surface area is 99.2 Å². The molecule has 0 atom stereocenters. The standard InChI is InChI=1S/C11H15N3O3/c1-3-12-10(15)8-5-9(7-14(17)6-8)11(16)13-4-2/h5-7H,3-4H2,1-2H3,(H,12,15)(H,13,16). The molecule has 1 heterocycles. The number of hydrogen-bond donors (Lipinski definition) is 2. The van der Waals surface area contributed by atoms with E-state index in [0.717, 1.165) is 12.4 Å². The highest BCUT2D eigenvalue weighted by Crippen LogP contribution is 2.01. The highest BCUT2D eigenvalue weighted by atomic mass is 16.5. The summed E-state index contributed by atoms with van der Waals surface area (Å²) in [6.07, 6.45) is 2.27. The smallest absolute Gasteiger partial charge is 0.257 e. The van der Waals surface area contributed by atoms with Crippen LogP contribution in [0.5, 0.6) is 0 Å². The third kappa shape index (κ3) is 3.44. The fourth-order valence-corrected chi connectivity index (χ4v) is 1.33. The molecule has 0 bridgehead atoms. The van der Waals surface area contributed by atoms with Crippen LogP contribution in [0, 0.1) is 5.21 Å². The highest BCUT2D eigenvalue weighted by Gasteiger charge is 2.14. The summed E-state index contributed by atoms with van der Waals surface area (Å²) in [4.78, 5) is 23.1. The Bertz CT molecular complexity index is 396. The summed E-state index contributed by atoms with van der Waals surface area (Å²) in [6, 6.07) is 1.39. The summed E-state index contributed by atoms with van der Waals surface area (Å²) < 4.78 is 0.454. The molecule has 92 valence electrons. The molecule has 17 heavy (non-hydrogen) atoms. The van der Waals surface area contributed by atoms with Crippen LogP contribution in [0.1, 0.15) is 34.6 Å². The molecule has 0 fully saturated rings. The fourth-order valence-electron chi connectivity index (χ4n) is 1.33. The van der Waals surface area contributed by atoms with Crippen molar-refractivity contribution in [2.45, 2.75) is 13.8 Å². The lowest BCUT2D eigenvalue weighted by Crippen LogP contribution is -2.33. The van der Waals surface area contributed by atoms with E-state index in [1.807, 2.05) is 0 Å². The second-order valence-corrected chi connectivity index (χ2v) is 3.39. The number of pyridine rings is 1. The van der Waals surface area contributed by atoms with E-state index in [0.29, 0.717) is 17.8 Å². The summed E-state index contributed by atoms with van der Waals surface area (Å²) in [7, 11) is 0. The Morgan fingerprint density at radius 1 is 1.12 bits per heavy atom. The van der Waals surface area contributed by atoms with Gasteiger partial charge in [-0.15, -0.1) is 0 Å². The van der Waals surface area contributed by atoms with Gasteiger partial charge in [0.05, 0.1) is 0 Å². The predicted molar refractivity (Wildman–Crippen MR) is 61.4 cm³/mol. The van der Waals surface area contributed by atoms with Crippen LogP contribution in [0.4, 0.5) is 0 Å². The van der Waals surface area contributed by atoms with Crippen LogP contribution >= 0.6 is 0 Å². The van der Waals surface area contributed by atoms with Crippen LogP contribution in [-0.2, 0) is 0 Å².